The van der Waals surface area contributed by atoms with Gasteiger partial charge in [0.2, 0.25) is 0 Å². The molecule has 4 nitrogen and oxygen atoms in total. The number of ether oxygens (including phenoxy) is 1. The van der Waals surface area contributed by atoms with Crippen LogP contribution in [0, 0.1) is 5.82 Å². The molecule has 2 aromatic carbocycles. The van der Waals surface area contributed by atoms with Crippen LogP contribution in [0.2, 0.25) is 5.02 Å². The third-order valence-electron chi connectivity index (χ3n) is 4.36. The highest BCUT2D eigenvalue weighted by Gasteiger charge is 2.17. The van der Waals surface area contributed by atoms with Gasteiger partial charge in [0.05, 0.1) is 12.7 Å². The summed E-state index contributed by atoms with van der Waals surface area (Å²) in [6, 6.07) is 13.9. The fourth-order valence-electron chi connectivity index (χ4n) is 2.93. The molecular formula is C22H20ClFN2O2. The molecule has 3 aromatic rings. The van der Waals surface area contributed by atoms with Crippen LogP contribution >= 0.6 is 11.6 Å². The van der Waals surface area contributed by atoms with E-state index in [1.165, 1.54) is 12.0 Å². The highest BCUT2D eigenvalue weighted by Crippen LogP contribution is 2.36. The number of carbonyl (C=O) groups is 1. The first-order valence-electron chi connectivity index (χ1n) is 8.68. The Morgan fingerprint density at radius 1 is 1.18 bits per heavy atom. The molecule has 0 fully saturated rings. The molecule has 144 valence electrons. The third kappa shape index (κ3) is 4.15. The standard InChI is InChI=1S/C22H20ClFN2O2/c1-26(2)22(27)18-9-7-14(13-25-18)11-16-8-10-19(28-3)20(21(16)24)15-5-4-6-17(23)12-15/h4-10,12-13H,11H2,1-3H3. The topological polar surface area (TPSA) is 42.4 Å². The summed E-state index contributed by atoms with van der Waals surface area (Å²) >= 11 is 6.07. The summed E-state index contributed by atoms with van der Waals surface area (Å²) in [4.78, 5) is 17.6. The van der Waals surface area contributed by atoms with Crippen LogP contribution in [0.3, 0.4) is 0 Å². The SMILES string of the molecule is COc1ccc(Cc2ccc(C(=O)N(C)C)nc2)c(F)c1-c1cccc(Cl)c1. The summed E-state index contributed by atoms with van der Waals surface area (Å²) in [6.07, 6.45) is 1.94. The fraction of sp³-hybridized carbons (Fsp3) is 0.182. The predicted molar refractivity (Wildman–Crippen MR) is 108 cm³/mol. The van der Waals surface area contributed by atoms with E-state index in [9.17, 15) is 4.79 Å². The van der Waals surface area contributed by atoms with Crippen LogP contribution in [0.5, 0.6) is 5.75 Å². The molecule has 6 heteroatoms. The summed E-state index contributed by atoms with van der Waals surface area (Å²) in [5, 5.41) is 0.523. The van der Waals surface area contributed by atoms with Crippen LogP contribution < -0.4 is 4.74 Å². The first-order valence-corrected chi connectivity index (χ1v) is 9.06. The Labute approximate surface area is 168 Å². The average Bonchev–Trinajstić information content (AvgIpc) is 2.69. The molecule has 0 bridgehead atoms. The van der Waals surface area contributed by atoms with Crippen molar-refractivity contribution < 1.29 is 13.9 Å². The number of pyridine rings is 1. The molecule has 0 unspecified atom stereocenters. The lowest BCUT2D eigenvalue weighted by Crippen LogP contribution is -2.22. The minimum absolute atomic E-state index is 0.176. The molecule has 1 heterocycles. The Hall–Kier alpha value is -2.92. The number of amides is 1. The maximum absolute atomic E-state index is 15.3. The maximum Gasteiger partial charge on any atom is 0.271 e. The van der Waals surface area contributed by atoms with E-state index in [0.717, 1.165) is 5.56 Å². The zero-order chi connectivity index (χ0) is 20.3. The number of carbonyl (C=O) groups excluding carboxylic acids is 1. The van der Waals surface area contributed by atoms with Gasteiger partial charge in [0, 0.05) is 31.7 Å². The van der Waals surface area contributed by atoms with Crippen molar-refractivity contribution in [3.63, 3.8) is 0 Å². The van der Waals surface area contributed by atoms with Crippen LogP contribution in [0.25, 0.3) is 11.1 Å². The van der Waals surface area contributed by atoms with Crippen molar-refractivity contribution in [2.24, 2.45) is 0 Å². The van der Waals surface area contributed by atoms with Crippen LogP contribution in [-0.4, -0.2) is 37.0 Å². The van der Waals surface area contributed by atoms with Gasteiger partial charge in [0.15, 0.2) is 0 Å². The average molecular weight is 399 g/mol. The summed E-state index contributed by atoms with van der Waals surface area (Å²) in [7, 11) is 4.84. The number of rotatable bonds is 5. The maximum atomic E-state index is 15.3. The third-order valence-corrected chi connectivity index (χ3v) is 4.60. The van der Waals surface area contributed by atoms with Crippen LogP contribution in [0.1, 0.15) is 21.6 Å². The van der Waals surface area contributed by atoms with Crippen molar-refractivity contribution in [2.45, 2.75) is 6.42 Å². The quantitative estimate of drug-likeness (QED) is 0.617. The molecule has 1 aromatic heterocycles. The van der Waals surface area contributed by atoms with Crippen LogP contribution in [0.15, 0.2) is 54.7 Å². The van der Waals surface area contributed by atoms with Crippen molar-refractivity contribution in [3.05, 3.63) is 82.4 Å². The van der Waals surface area contributed by atoms with Gasteiger partial charge in [-0.15, -0.1) is 0 Å². The molecule has 0 saturated heterocycles. The van der Waals surface area contributed by atoms with Gasteiger partial charge in [-0.1, -0.05) is 35.9 Å². The lowest BCUT2D eigenvalue weighted by atomic mass is 9.97. The van der Waals surface area contributed by atoms with Crippen LogP contribution in [-0.2, 0) is 6.42 Å². The lowest BCUT2D eigenvalue weighted by molar-refractivity contribution is 0.0822. The van der Waals surface area contributed by atoms with Crippen molar-refractivity contribution >= 4 is 17.5 Å². The van der Waals surface area contributed by atoms with E-state index in [1.807, 2.05) is 0 Å². The Bertz CT molecular complexity index is 1000. The zero-order valence-electron chi connectivity index (χ0n) is 15.9. The van der Waals surface area contributed by atoms with E-state index in [2.05, 4.69) is 4.98 Å². The molecule has 0 spiro atoms. The summed E-state index contributed by atoms with van der Waals surface area (Å²) in [5.74, 6) is -0.103. The Kier molecular flexibility index (Phi) is 5.95. The van der Waals surface area contributed by atoms with Crippen molar-refractivity contribution in [3.8, 4) is 16.9 Å². The van der Waals surface area contributed by atoms with E-state index in [4.69, 9.17) is 16.3 Å². The molecular weight excluding hydrogens is 379 g/mol. The van der Waals surface area contributed by atoms with Gasteiger partial charge >= 0.3 is 0 Å². The van der Waals surface area contributed by atoms with E-state index >= 15 is 4.39 Å². The fourth-order valence-corrected chi connectivity index (χ4v) is 3.12. The minimum atomic E-state index is -0.366. The lowest BCUT2D eigenvalue weighted by Gasteiger charge is -2.14. The highest BCUT2D eigenvalue weighted by molar-refractivity contribution is 6.30. The molecule has 1 amide bonds. The molecule has 0 saturated carbocycles. The van der Waals surface area contributed by atoms with E-state index < -0.39 is 0 Å². The van der Waals surface area contributed by atoms with E-state index in [1.54, 1.807) is 68.8 Å². The smallest absolute Gasteiger partial charge is 0.271 e. The highest BCUT2D eigenvalue weighted by atomic mass is 35.5. The second-order valence-electron chi connectivity index (χ2n) is 6.55. The molecule has 0 aliphatic heterocycles. The summed E-state index contributed by atoms with van der Waals surface area (Å²) in [5.41, 5.74) is 2.67. The normalized spacial score (nSPS) is 10.6. The van der Waals surface area contributed by atoms with Gasteiger partial charge in [-0.2, -0.15) is 0 Å². The molecule has 0 atom stereocenters. The minimum Gasteiger partial charge on any atom is -0.496 e. The number of methoxy groups -OCH3 is 1. The summed E-state index contributed by atoms with van der Waals surface area (Å²) < 4.78 is 20.7. The number of benzene rings is 2. The van der Waals surface area contributed by atoms with Crippen molar-refractivity contribution in [1.82, 2.24) is 9.88 Å². The second-order valence-corrected chi connectivity index (χ2v) is 6.99. The van der Waals surface area contributed by atoms with Gasteiger partial charge in [-0.05, 0) is 41.0 Å². The molecule has 3 rings (SSSR count). The zero-order valence-corrected chi connectivity index (χ0v) is 16.6. The number of hydrogen-bond donors (Lipinski definition) is 0. The first kappa shape index (κ1) is 19.8. The molecule has 0 N–H and O–H groups in total. The number of aromatic nitrogens is 1. The molecule has 0 aliphatic rings. The molecule has 0 radical (unpaired) electrons. The van der Waals surface area contributed by atoms with Crippen molar-refractivity contribution in [1.29, 1.82) is 0 Å². The Balaban J connectivity index is 1.95. The number of hydrogen-bond acceptors (Lipinski definition) is 3. The number of halogens is 2. The predicted octanol–water partition coefficient (Wildman–Crippen LogP) is 4.84. The Morgan fingerprint density at radius 3 is 2.57 bits per heavy atom. The monoisotopic (exact) mass is 398 g/mol. The first-order chi connectivity index (χ1) is 13.4. The van der Waals surface area contributed by atoms with Gasteiger partial charge < -0.3 is 9.64 Å². The van der Waals surface area contributed by atoms with Crippen LogP contribution in [0.4, 0.5) is 4.39 Å². The molecule has 0 aliphatic carbocycles. The van der Waals surface area contributed by atoms with Crippen molar-refractivity contribution in [2.75, 3.05) is 21.2 Å². The van der Waals surface area contributed by atoms with Gasteiger partial charge in [0.1, 0.15) is 17.3 Å². The van der Waals surface area contributed by atoms with E-state index in [0.29, 0.717) is 39.6 Å². The second kappa shape index (κ2) is 8.40. The number of nitrogens with zero attached hydrogens (tertiary/aromatic N) is 2. The Morgan fingerprint density at radius 2 is 1.96 bits per heavy atom. The van der Waals surface area contributed by atoms with Gasteiger partial charge in [0.25, 0.3) is 5.91 Å². The largest absolute Gasteiger partial charge is 0.496 e. The summed E-state index contributed by atoms with van der Waals surface area (Å²) in [6.45, 7) is 0. The van der Waals surface area contributed by atoms with Gasteiger partial charge in [-0.25, -0.2) is 4.39 Å². The van der Waals surface area contributed by atoms with E-state index in [-0.39, 0.29) is 11.7 Å². The molecule has 28 heavy (non-hydrogen) atoms. The van der Waals surface area contributed by atoms with Gasteiger partial charge in [-0.3, -0.25) is 9.78 Å².